The second kappa shape index (κ2) is 5.66. The van der Waals surface area contributed by atoms with Gasteiger partial charge >= 0.3 is 0 Å². The van der Waals surface area contributed by atoms with E-state index in [-0.39, 0.29) is 12.0 Å². The molecule has 114 valence electrons. The highest BCUT2D eigenvalue weighted by Crippen LogP contribution is 2.36. The van der Waals surface area contributed by atoms with Crippen LogP contribution in [-0.4, -0.2) is 22.0 Å². The van der Waals surface area contributed by atoms with E-state index in [0.717, 1.165) is 0 Å². The van der Waals surface area contributed by atoms with Crippen molar-refractivity contribution in [1.82, 2.24) is 9.78 Å². The minimum Gasteiger partial charge on any atom is -0.496 e. The Balaban J connectivity index is 2.48. The lowest BCUT2D eigenvalue weighted by Crippen LogP contribution is -2.27. The molecule has 6 heteroatoms. The summed E-state index contributed by atoms with van der Waals surface area (Å²) >= 11 is 6.20. The standard InChI is InChI=1S/C15H18ClFN2O2/c1-9-14(16)11(19(3)18-9)8-15(2,20)13-10(17)6-5-7-12(13)21-4/h5-7,20H,8H2,1-4H3. The van der Waals surface area contributed by atoms with Crippen molar-refractivity contribution >= 4 is 11.6 Å². The average molecular weight is 313 g/mol. The maximum absolute atomic E-state index is 14.1. The molecule has 0 aliphatic heterocycles. The summed E-state index contributed by atoms with van der Waals surface area (Å²) in [6.45, 7) is 3.32. The van der Waals surface area contributed by atoms with Crippen molar-refractivity contribution in [3.63, 3.8) is 0 Å². The summed E-state index contributed by atoms with van der Waals surface area (Å²) in [5.74, 6) is -0.218. The van der Waals surface area contributed by atoms with Gasteiger partial charge in [-0.3, -0.25) is 4.68 Å². The smallest absolute Gasteiger partial charge is 0.133 e. The van der Waals surface area contributed by atoms with Crippen molar-refractivity contribution in [2.24, 2.45) is 7.05 Å². The number of aliphatic hydroxyl groups is 1. The van der Waals surface area contributed by atoms with Crippen LogP contribution in [0.25, 0.3) is 0 Å². The zero-order chi connectivity index (χ0) is 15.8. The van der Waals surface area contributed by atoms with Crippen molar-refractivity contribution in [3.8, 4) is 5.75 Å². The predicted molar refractivity (Wildman–Crippen MR) is 79.2 cm³/mol. The summed E-state index contributed by atoms with van der Waals surface area (Å²) in [5.41, 5.74) is -0.0436. The van der Waals surface area contributed by atoms with Gasteiger partial charge in [0.2, 0.25) is 0 Å². The summed E-state index contributed by atoms with van der Waals surface area (Å²) in [6, 6.07) is 4.44. The number of aryl methyl sites for hydroxylation is 2. The highest BCUT2D eigenvalue weighted by molar-refractivity contribution is 6.31. The van der Waals surface area contributed by atoms with Crippen molar-refractivity contribution < 1.29 is 14.2 Å². The first-order valence-corrected chi connectivity index (χ1v) is 6.89. The molecule has 0 saturated carbocycles. The van der Waals surface area contributed by atoms with Crippen molar-refractivity contribution in [3.05, 3.63) is 46.0 Å². The molecule has 0 saturated heterocycles. The monoisotopic (exact) mass is 312 g/mol. The Bertz CT molecular complexity index is 668. The third-order valence-corrected chi connectivity index (χ3v) is 4.00. The molecule has 0 radical (unpaired) electrons. The number of benzene rings is 1. The fraction of sp³-hybridized carbons (Fsp3) is 0.400. The van der Waals surface area contributed by atoms with Crippen LogP contribution < -0.4 is 4.74 Å². The van der Waals surface area contributed by atoms with E-state index in [9.17, 15) is 9.50 Å². The van der Waals surface area contributed by atoms with Gasteiger partial charge in [-0.05, 0) is 26.0 Å². The molecule has 1 heterocycles. The van der Waals surface area contributed by atoms with Crippen LogP contribution in [0, 0.1) is 12.7 Å². The molecule has 1 unspecified atom stereocenters. The van der Waals surface area contributed by atoms with Gasteiger partial charge in [-0.2, -0.15) is 5.10 Å². The molecule has 0 aliphatic rings. The van der Waals surface area contributed by atoms with E-state index in [2.05, 4.69) is 5.10 Å². The second-order valence-corrected chi connectivity index (χ2v) is 5.62. The topological polar surface area (TPSA) is 47.3 Å². The molecule has 0 aliphatic carbocycles. The highest BCUT2D eigenvalue weighted by atomic mass is 35.5. The number of hydrogen-bond donors (Lipinski definition) is 1. The number of rotatable bonds is 4. The van der Waals surface area contributed by atoms with Crippen molar-refractivity contribution in [1.29, 1.82) is 0 Å². The van der Waals surface area contributed by atoms with Crippen molar-refractivity contribution in [2.45, 2.75) is 25.9 Å². The number of methoxy groups -OCH3 is 1. The van der Waals surface area contributed by atoms with Gasteiger partial charge in [-0.1, -0.05) is 17.7 Å². The Hall–Kier alpha value is -1.59. The zero-order valence-electron chi connectivity index (χ0n) is 12.4. The number of nitrogens with zero attached hydrogens (tertiary/aromatic N) is 2. The van der Waals surface area contributed by atoms with E-state index in [1.165, 1.54) is 26.2 Å². The Morgan fingerprint density at radius 1 is 1.48 bits per heavy atom. The molecule has 0 fully saturated rings. The summed E-state index contributed by atoms with van der Waals surface area (Å²) in [7, 11) is 3.18. The number of ether oxygens (including phenoxy) is 1. The number of halogens is 2. The molecule has 0 amide bonds. The maximum atomic E-state index is 14.1. The molecule has 0 bridgehead atoms. The van der Waals surface area contributed by atoms with Gasteiger partial charge in [0, 0.05) is 13.5 Å². The number of aromatic nitrogens is 2. The molecule has 1 atom stereocenters. The molecule has 2 rings (SSSR count). The van der Waals surface area contributed by atoms with Gasteiger partial charge in [0.05, 0.1) is 34.7 Å². The van der Waals surface area contributed by atoms with Gasteiger partial charge in [0.1, 0.15) is 11.6 Å². The molecule has 2 aromatic rings. The van der Waals surface area contributed by atoms with E-state index < -0.39 is 11.4 Å². The summed E-state index contributed by atoms with van der Waals surface area (Å²) < 4.78 is 20.9. The first-order valence-electron chi connectivity index (χ1n) is 6.51. The van der Waals surface area contributed by atoms with Crippen LogP contribution >= 0.6 is 11.6 Å². The van der Waals surface area contributed by atoms with Gasteiger partial charge in [-0.25, -0.2) is 4.39 Å². The lowest BCUT2D eigenvalue weighted by molar-refractivity contribution is 0.0491. The quantitative estimate of drug-likeness (QED) is 0.944. The van der Waals surface area contributed by atoms with Gasteiger partial charge in [0.25, 0.3) is 0 Å². The Morgan fingerprint density at radius 2 is 2.14 bits per heavy atom. The molecular weight excluding hydrogens is 295 g/mol. The fourth-order valence-electron chi connectivity index (χ4n) is 2.48. The molecule has 1 aromatic carbocycles. The number of hydrogen-bond acceptors (Lipinski definition) is 3. The molecule has 1 aromatic heterocycles. The van der Waals surface area contributed by atoms with Gasteiger partial charge in [-0.15, -0.1) is 0 Å². The molecule has 4 nitrogen and oxygen atoms in total. The minimum absolute atomic E-state index is 0.113. The lowest BCUT2D eigenvalue weighted by Gasteiger charge is -2.26. The molecule has 21 heavy (non-hydrogen) atoms. The van der Waals surface area contributed by atoms with E-state index in [1.54, 1.807) is 24.7 Å². The normalized spacial score (nSPS) is 14.0. The largest absolute Gasteiger partial charge is 0.496 e. The SMILES string of the molecule is COc1cccc(F)c1C(C)(O)Cc1c(Cl)c(C)nn1C. The predicted octanol–water partition coefficient (Wildman–Crippen LogP) is 2.98. The van der Waals surface area contributed by atoms with E-state index in [0.29, 0.717) is 22.2 Å². The Kier molecular flexibility index (Phi) is 4.25. The van der Waals surface area contributed by atoms with E-state index in [1.807, 2.05) is 0 Å². The zero-order valence-corrected chi connectivity index (χ0v) is 13.2. The van der Waals surface area contributed by atoms with Crippen LogP contribution in [-0.2, 0) is 19.1 Å². The molecule has 1 N–H and O–H groups in total. The van der Waals surface area contributed by atoms with Crippen molar-refractivity contribution in [2.75, 3.05) is 7.11 Å². The first kappa shape index (κ1) is 15.8. The minimum atomic E-state index is -1.47. The van der Waals surface area contributed by atoms with Crippen LogP contribution in [0.15, 0.2) is 18.2 Å². The Labute approximate surface area is 128 Å². The fourth-order valence-corrected chi connectivity index (χ4v) is 2.71. The van der Waals surface area contributed by atoms with Crippen LogP contribution in [0.1, 0.15) is 23.9 Å². The van der Waals surface area contributed by atoms with Gasteiger partial charge in [0.15, 0.2) is 0 Å². The summed E-state index contributed by atoms with van der Waals surface area (Å²) in [6.07, 6.45) is 0.125. The Morgan fingerprint density at radius 3 is 2.67 bits per heavy atom. The van der Waals surface area contributed by atoms with Crippen LogP contribution in [0.5, 0.6) is 5.75 Å². The first-order chi connectivity index (χ1) is 9.77. The molecular formula is C15H18ClFN2O2. The second-order valence-electron chi connectivity index (χ2n) is 5.24. The molecule has 0 spiro atoms. The third-order valence-electron chi connectivity index (χ3n) is 3.51. The van der Waals surface area contributed by atoms with Gasteiger partial charge < -0.3 is 9.84 Å². The van der Waals surface area contributed by atoms with E-state index in [4.69, 9.17) is 16.3 Å². The van der Waals surface area contributed by atoms with Crippen LogP contribution in [0.2, 0.25) is 5.02 Å². The third kappa shape index (κ3) is 2.89. The maximum Gasteiger partial charge on any atom is 0.133 e. The summed E-state index contributed by atoms with van der Waals surface area (Å²) in [4.78, 5) is 0. The highest BCUT2D eigenvalue weighted by Gasteiger charge is 2.33. The van der Waals surface area contributed by atoms with Crippen LogP contribution in [0.4, 0.5) is 4.39 Å². The van der Waals surface area contributed by atoms with E-state index >= 15 is 0 Å². The van der Waals surface area contributed by atoms with Crippen LogP contribution in [0.3, 0.4) is 0 Å². The average Bonchev–Trinajstić information content (AvgIpc) is 2.64. The lowest BCUT2D eigenvalue weighted by atomic mass is 9.89. The summed E-state index contributed by atoms with van der Waals surface area (Å²) in [5, 5.41) is 15.5.